The van der Waals surface area contributed by atoms with Gasteiger partial charge < -0.3 is 19.9 Å². The van der Waals surface area contributed by atoms with Crippen LogP contribution in [-0.2, 0) is 6.54 Å². The SMILES string of the molecule is COc1cccc(Nc2cc3c(cn2)CN(C)CCN3C)c1. The van der Waals surface area contributed by atoms with Crippen LogP contribution in [0.2, 0.25) is 0 Å². The first-order chi connectivity index (χ1) is 10.7. The number of fused-ring (bicyclic) bond motifs is 1. The summed E-state index contributed by atoms with van der Waals surface area (Å²) in [7, 11) is 5.95. The molecular formula is C17H22N4O. The molecule has 1 N–H and O–H groups in total. The minimum Gasteiger partial charge on any atom is -0.497 e. The highest BCUT2D eigenvalue weighted by molar-refractivity contribution is 5.65. The van der Waals surface area contributed by atoms with E-state index in [1.165, 1.54) is 11.3 Å². The summed E-state index contributed by atoms with van der Waals surface area (Å²) in [5.74, 6) is 1.68. The van der Waals surface area contributed by atoms with E-state index in [0.29, 0.717) is 0 Å². The van der Waals surface area contributed by atoms with Gasteiger partial charge in [-0.3, -0.25) is 0 Å². The molecule has 0 saturated heterocycles. The molecule has 1 aromatic heterocycles. The van der Waals surface area contributed by atoms with Crippen molar-refractivity contribution in [1.29, 1.82) is 0 Å². The Morgan fingerprint density at radius 3 is 2.86 bits per heavy atom. The summed E-state index contributed by atoms with van der Waals surface area (Å²) >= 11 is 0. The van der Waals surface area contributed by atoms with Crippen molar-refractivity contribution in [1.82, 2.24) is 9.88 Å². The topological polar surface area (TPSA) is 40.6 Å². The average Bonchev–Trinajstić information content (AvgIpc) is 2.67. The average molecular weight is 298 g/mol. The summed E-state index contributed by atoms with van der Waals surface area (Å²) in [5, 5.41) is 3.35. The number of aromatic nitrogens is 1. The molecule has 1 aliphatic rings. The van der Waals surface area contributed by atoms with Gasteiger partial charge in [0.1, 0.15) is 11.6 Å². The van der Waals surface area contributed by atoms with E-state index in [0.717, 1.165) is 36.9 Å². The van der Waals surface area contributed by atoms with Crippen molar-refractivity contribution in [3.8, 4) is 5.75 Å². The summed E-state index contributed by atoms with van der Waals surface area (Å²) in [6.45, 7) is 3.02. The molecule has 3 rings (SSSR count). The van der Waals surface area contributed by atoms with E-state index in [4.69, 9.17) is 4.74 Å². The molecule has 116 valence electrons. The third-order valence-corrected chi connectivity index (χ3v) is 3.97. The fraction of sp³-hybridized carbons (Fsp3) is 0.353. The zero-order chi connectivity index (χ0) is 15.5. The van der Waals surface area contributed by atoms with Crippen molar-refractivity contribution in [3.05, 3.63) is 42.1 Å². The zero-order valence-corrected chi connectivity index (χ0v) is 13.3. The molecule has 2 aromatic rings. The highest BCUT2D eigenvalue weighted by Gasteiger charge is 2.16. The van der Waals surface area contributed by atoms with Crippen LogP contribution >= 0.6 is 0 Å². The summed E-state index contributed by atoms with van der Waals surface area (Å²) in [4.78, 5) is 9.16. The van der Waals surface area contributed by atoms with E-state index in [9.17, 15) is 0 Å². The molecule has 1 aliphatic heterocycles. The molecule has 0 saturated carbocycles. The lowest BCUT2D eigenvalue weighted by Crippen LogP contribution is -2.26. The number of anilines is 3. The van der Waals surface area contributed by atoms with Crippen molar-refractivity contribution in [2.45, 2.75) is 6.54 Å². The molecule has 1 aromatic carbocycles. The molecule has 0 radical (unpaired) electrons. The van der Waals surface area contributed by atoms with Crippen molar-refractivity contribution < 1.29 is 4.74 Å². The Morgan fingerprint density at radius 2 is 2.05 bits per heavy atom. The van der Waals surface area contributed by atoms with Crippen LogP contribution in [0.3, 0.4) is 0 Å². The molecule has 0 spiro atoms. The van der Waals surface area contributed by atoms with Crippen LogP contribution in [0.5, 0.6) is 5.75 Å². The van der Waals surface area contributed by atoms with Crippen molar-refractivity contribution in [3.63, 3.8) is 0 Å². The molecule has 5 nitrogen and oxygen atoms in total. The van der Waals surface area contributed by atoms with Gasteiger partial charge in [0.05, 0.1) is 7.11 Å². The Balaban J connectivity index is 1.86. The quantitative estimate of drug-likeness (QED) is 0.943. The highest BCUT2D eigenvalue weighted by atomic mass is 16.5. The zero-order valence-electron chi connectivity index (χ0n) is 13.3. The van der Waals surface area contributed by atoms with Crippen LogP contribution in [0.1, 0.15) is 5.56 Å². The molecule has 0 amide bonds. The second kappa shape index (κ2) is 6.23. The smallest absolute Gasteiger partial charge is 0.132 e. The van der Waals surface area contributed by atoms with E-state index in [1.54, 1.807) is 7.11 Å². The maximum atomic E-state index is 5.25. The highest BCUT2D eigenvalue weighted by Crippen LogP contribution is 2.27. The number of methoxy groups -OCH3 is 1. The van der Waals surface area contributed by atoms with Crippen LogP contribution < -0.4 is 15.0 Å². The maximum Gasteiger partial charge on any atom is 0.132 e. The number of hydrogen-bond donors (Lipinski definition) is 1. The van der Waals surface area contributed by atoms with E-state index >= 15 is 0 Å². The summed E-state index contributed by atoms with van der Waals surface area (Å²) < 4.78 is 5.25. The minimum atomic E-state index is 0.832. The number of nitrogens with zero attached hydrogens (tertiary/aromatic N) is 3. The molecule has 5 heteroatoms. The van der Waals surface area contributed by atoms with Gasteiger partial charge in [-0.25, -0.2) is 4.98 Å². The predicted molar refractivity (Wildman–Crippen MR) is 90.1 cm³/mol. The third kappa shape index (κ3) is 3.14. The van der Waals surface area contributed by atoms with Crippen LogP contribution in [0, 0.1) is 0 Å². The van der Waals surface area contributed by atoms with Gasteiger partial charge in [-0.15, -0.1) is 0 Å². The summed E-state index contributed by atoms with van der Waals surface area (Å²) in [5.41, 5.74) is 3.48. The van der Waals surface area contributed by atoms with E-state index < -0.39 is 0 Å². The van der Waals surface area contributed by atoms with Crippen LogP contribution in [-0.4, -0.2) is 44.2 Å². The normalized spacial score (nSPS) is 15.1. The first-order valence-electron chi connectivity index (χ1n) is 7.45. The Bertz CT molecular complexity index is 659. The number of pyridine rings is 1. The maximum absolute atomic E-state index is 5.25. The monoisotopic (exact) mass is 298 g/mol. The van der Waals surface area contributed by atoms with Gasteiger partial charge in [-0.1, -0.05) is 6.07 Å². The van der Waals surface area contributed by atoms with Gasteiger partial charge in [0.2, 0.25) is 0 Å². The number of likely N-dealkylation sites (N-methyl/N-ethyl adjacent to an activating group) is 2. The van der Waals surface area contributed by atoms with Crippen molar-refractivity contribution >= 4 is 17.2 Å². The fourth-order valence-electron chi connectivity index (χ4n) is 2.68. The Labute approximate surface area is 131 Å². The Morgan fingerprint density at radius 1 is 1.18 bits per heavy atom. The predicted octanol–water partition coefficient (Wildman–Crippen LogP) is 2.72. The first-order valence-corrected chi connectivity index (χ1v) is 7.45. The molecule has 0 unspecified atom stereocenters. The van der Waals surface area contributed by atoms with E-state index in [2.05, 4.69) is 40.3 Å². The summed E-state index contributed by atoms with van der Waals surface area (Å²) in [6, 6.07) is 9.98. The second-order valence-corrected chi connectivity index (χ2v) is 5.71. The van der Waals surface area contributed by atoms with Gasteiger partial charge in [-0.05, 0) is 19.2 Å². The van der Waals surface area contributed by atoms with Crippen molar-refractivity contribution in [2.75, 3.05) is 44.5 Å². The van der Waals surface area contributed by atoms with Crippen LogP contribution in [0.15, 0.2) is 36.5 Å². The first kappa shape index (κ1) is 14.7. The fourth-order valence-corrected chi connectivity index (χ4v) is 2.68. The van der Waals surface area contributed by atoms with Gasteiger partial charge in [0, 0.05) is 61.9 Å². The number of benzene rings is 1. The van der Waals surface area contributed by atoms with Gasteiger partial charge in [0.15, 0.2) is 0 Å². The van der Waals surface area contributed by atoms with Gasteiger partial charge in [-0.2, -0.15) is 0 Å². The largest absolute Gasteiger partial charge is 0.497 e. The Hall–Kier alpha value is -2.27. The second-order valence-electron chi connectivity index (χ2n) is 5.71. The number of ether oxygens (including phenoxy) is 1. The lowest BCUT2D eigenvalue weighted by atomic mass is 10.2. The standard InChI is InChI=1S/C17H22N4O/c1-20-7-8-21(2)16-10-17(18-11-13(16)12-20)19-14-5-4-6-15(9-14)22-3/h4-6,9-11H,7-8,12H2,1-3H3,(H,18,19). The van der Waals surface area contributed by atoms with E-state index in [1.807, 2.05) is 30.5 Å². The number of nitrogens with one attached hydrogen (secondary N) is 1. The number of hydrogen-bond acceptors (Lipinski definition) is 5. The van der Waals surface area contributed by atoms with E-state index in [-0.39, 0.29) is 0 Å². The number of rotatable bonds is 3. The molecule has 2 heterocycles. The summed E-state index contributed by atoms with van der Waals surface area (Å²) in [6.07, 6.45) is 1.97. The van der Waals surface area contributed by atoms with Gasteiger partial charge in [0.25, 0.3) is 0 Å². The molecule has 0 fully saturated rings. The van der Waals surface area contributed by atoms with Crippen LogP contribution in [0.4, 0.5) is 17.2 Å². The lowest BCUT2D eigenvalue weighted by Gasteiger charge is -2.19. The third-order valence-electron chi connectivity index (χ3n) is 3.97. The lowest BCUT2D eigenvalue weighted by molar-refractivity contribution is 0.342. The molecule has 0 atom stereocenters. The molecular weight excluding hydrogens is 276 g/mol. The van der Waals surface area contributed by atoms with Crippen molar-refractivity contribution in [2.24, 2.45) is 0 Å². The van der Waals surface area contributed by atoms with Crippen LogP contribution in [0.25, 0.3) is 0 Å². The minimum absolute atomic E-state index is 0.832. The van der Waals surface area contributed by atoms with Gasteiger partial charge >= 0.3 is 0 Å². The Kier molecular flexibility index (Phi) is 4.15. The molecule has 0 bridgehead atoms. The molecule has 0 aliphatic carbocycles. The molecule has 22 heavy (non-hydrogen) atoms.